The Bertz CT molecular complexity index is 852. The summed E-state index contributed by atoms with van der Waals surface area (Å²) in [7, 11) is 1.61. The third-order valence-electron chi connectivity index (χ3n) is 3.69. The number of hydrogen-bond donors (Lipinski definition) is 0. The number of aryl methyl sites for hydroxylation is 2. The van der Waals surface area contributed by atoms with Crippen molar-refractivity contribution in [3.63, 3.8) is 0 Å². The first-order valence-electron chi connectivity index (χ1n) is 7.03. The Balaban J connectivity index is 2.05. The number of aromatic nitrogens is 4. The molecule has 0 fully saturated rings. The third-order valence-corrected chi connectivity index (χ3v) is 3.69. The smallest absolute Gasteiger partial charge is 0.190 e. The van der Waals surface area contributed by atoms with E-state index in [2.05, 4.69) is 21.5 Å². The van der Waals surface area contributed by atoms with Gasteiger partial charge in [-0.3, -0.25) is 0 Å². The maximum atomic E-state index is 9.31. The first-order valence-corrected chi connectivity index (χ1v) is 7.03. The molecule has 0 N–H and O–H groups in total. The minimum Gasteiger partial charge on any atom is -0.497 e. The van der Waals surface area contributed by atoms with Gasteiger partial charge in [-0.1, -0.05) is 10.4 Å². The van der Waals surface area contributed by atoms with Crippen LogP contribution in [-0.4, -0.2) is 27.3 Å². The molecule has 3 rings (SSSR count). The Kier molecular flexibility index (Phi) is 3.81. The van der Waals surface area contributed by atoms with Crippen LogP contribution in [0, 0.1) is 25.2 Å². The number of rotatable bonds is 4. The van der Waals surface area contributed by atoms with Gasteiger partial charge in [0.1, 0.15) is 23.3 Å². The summed E-state index contributed by atoms with van der Waals surface area (Å²) in [4.78, 5) is 0. The summed E-state index contributed by atoms with van der Waals surface area (Å²) < 4.78 is 12.0. The van der Waals surface area contributed by atoms with Gasteiger partial charge in [0.15, 0.2) is 5.69 Å². The van der Waals surface area contributed by atoms with Gasteiger partial charge < -0.3 is 9.26 Å². The Morgan fingerprint density at radius 2 is 2.00 bits per heavy atom. The van der Waals surface area contributed by atoms with Crippen LogP contribution in [0.25, 0.3) is 11.3 Å². The summed E-state index contributed by atoms with van der Waals surface area (Å²) in [6.07, 6.45) is 0. The Morgan fingerprint density at radius 1 is 1.26 bits per heavy atom. The normalized spacial score (nSPS) is 10.5. The molecule has 0 bridgehead atoms. The molecule has 116 valence electrons. The minimum atomic E-state index is 0.280. The molecule has 0 atom stereocenters. The molecular weight excluding hydrogens is 294 g/mol. The van der Waals surface area contributed by atoms with Crippen molar-refractivity contribution in [2.24, 2.45) is 0 Å². The van der Waals surface area contributed by atoms with Gasteiger partial charge in [-0.15, -0.1) is 5.10 Å². The lowest BCUT2D eigenvalue weighted by molar-refractivity contribution is 0.391. The van der Waals surface area contributed by atoms with Crippen molar-refractivity contribution in [3.05, 3.63) is 47.0 Å². The van der Waals surface area contributed by atoms with Crippen molar-refractivity contribution in [3.8, 4) is 23.1 Å². The molecule has 7 heteroatoms. The zero-order valence-electron chi connectivity index (χ0n) is 13.1. The van der Waals surface area contributed by atoms with Crippen molar-refractivity contribution in [1.29, 1.82) is 5.26 Å². The van der Waals surface area contributed by atoms with Crippen LogP contribution >= 0.6 is 0 Å². The predicted octanol–water partition coefficient (Wildman–Crippen LogP) is 2.48. The van der Waals surface area contributed by atoms with Crippen molar-refractivity contribution >= 4 is 0 Å². The van der Waals surface area contributed by atoms with Gasteiger partial charge in [-0.25, -0.2) is 4.68 Å². The first-order chi connectivity index (χ1) is 11.1. The zero-order chi connectivity index (χ0) is 16.4. The summed E-state index contributed by atoms with van der Waals surface area (Å²) in [5, 5.41) is 21.3. The standard InChI is InChI=1S/C16H15N5O2/c1-10-14(11(2)23-19-10)9-21-16(15(8-17)18-20-21)12-4-6-13(22-3)7-5-12/h4-7H,9H2,1-3H3. The Labute approximate surface area is 133 Å². The van der Waals surface area contributed by atoms with E-state index in [0.29, 0.717) is 12.2 Å². The van der Waals surface area contributed by atoms with Crippen LogP contribution in [0.1, 0.15) is 22.7 Å². The molecule has 23 heavy (non-hydrogen) atoms. The highest BCUT2D eigenvalue weighted by molar-refractivity contribution is 5.65. The molecule has 1 aromatic carbocycles. The van der Waals surface area contributed by atoms with E-state index in [9.17, 15) is 5.26 Å². The second-order valence-corrected chi connectivity index (χ2v) is 5.09. The van der Waals surface area contributed by atoms with Gasteiger partial charge in [0.05, 0.1) is 19.3 Å². The second-order valence-electron chi connectivity index (χ2n) is 5.09. The first kappa shape index (κ1) is 14.8. The van der Waals surface area contributed by atoms with E-state index in [1.165, 1.54) is 0 Å². The van der Waals surface area contributed by atoms with E-state index >= 15 is 0 Å². The maximum Gasteiger partial charge on any atom is 0.190 e. The van der Waals surface area contributed by atoms with Crippen LogP contribution in [0.15, 0.2) is 28.8 Å². The summed E-state index contributed by atoms with van der Waals surface area (Å²) in [6, 6.07) is 9.52. The van der Waals surface area contributed by atoms with E-state index in [1.54, 1.807) is 11.8 Å². The van der Waals surface area contributed by atoms with Gasteiger partial charge in [0.25, 0.3) is 0 Å². The monoisotopic (exact) mass is 309 g/mol. The number of methoxy groups -OCH3 is 1. The largest absolute Gasteiger partial charge is 0.497 e. The topological polar surface area (TPSA) is 89.8 Å². The molecule has 0 aliphatic heterocycles. The zero-order valence-corrected chi connectivity index (χ0v) is 13.1. The highest BCUT2D eigenvalue weighted by Gasteiger charge is 2.18. The van der Waals surface area contributed by atoms with E-state index in [4.69, 9.17) is 9.26 Å². The van der Waals surface area contributed by atoms with E-state index in [0.717, 1.165) is 28.3 Å². The number of ether oxygens (including phenoxy) is 1. The molecule has 2 heterocycles. The quantitative estimate of drug-likeness (QED) is 0.735. The average Bonchev–Trinajstić information content (AvgIpc) is 3.13. The van der Waals surface area contributed by atoms with E-state index < -0.39 is 0 Å². The molecule has 2 aromatic heterocycles. The molecule has 3 aromatic rings. The fourth-order valence-electron chi connectivity index (χ4n) is 2.41. The van der Waals surface area contributed by atoms with Crippen LogP contribution in [0.5, 0.6) is 5.75 Å². The second kappa shape index (κ2) is 5.93. The van der Waals surface area contributed by atoms with Crippen LogP contribution in [-0.2, 0) is 6.54 Å². The lowest BCUT2D eigenvalue weighted by atomic mass is 10.1. The maximum absolute atomic E-state index is 9.31. The van der Waals surface area contributed by atoms with E-state index in [-0.39, 0.29) is 5.69 Å². The lowest BCUT2D eigenvalue weighted by Crippen LogP contribution is -2.06. The van der Waals surface area contributed by atoms with Gasteiger partial charge in [-0.2, -0.15) is 5.26 Å². The summed E-state index contributed by atoms with van der Waals surface area (Å²) >= 11 is 0. The minimum absolute atomic E-state index is 0.280. The predicted molar refractivity (Wildman–Crippen MR) is 81.8 cm³/mol. The van der Waals surface area contributed by atoms with Crippen molar-refractivity contribution in [2.75, 3.05) is 7.11 Å². The van der Waals surface area contributed by atoms with Gasteiger partial charge in [-0.05, 0) is 38.1 Å². The fourth-order valence-corrected chi connectivity index (χ4v) is 2.41. The molecular formula is C16H15N5O2. The molecule has 0 aliphatic rings. The van der Waals surface area contributed by atoms with Crippen molar-refractivity contribution < 1.29 is 9.26 Å². The SMILES string of the molecule is COc1ccc(-c2c(C#N)nnn2Cc2c(C)noc2C)cc1. The van der Waals surface area contributed by atoms with Crippen molar-refractivity contribution in [1.82, 2.24) is 20.2 Å². The highest BCUT2D eigenvalue weighted by Crippen LogP contribution is 2.26. The van der Waals surface area contributed by atoms with Crippen LogP contribution < -0.4 is 4.74 Å². The number of hydrogen-bond acceptors (Lipinski definition) is 6. The molecule has 0 saturated carbocycles. The molecule has 0 unspecified atom stereocenters. The summed E-state index contributed by atoms with van der Waals surface area (Å²) in [5.74, 6) is 1.48. The summed E-state index contributed by atoms with van der Waals surface area (Å²) in [5.41, 5.74) is 3.53. The van der Waals surface area contributed by atoms with Gasteiger partial charge in [0.2, 0.25) is 0 Å². The van der Waals surface area contributed by atoms with Gasteiger partial charge in [0, 0.05) is 11.1 Å². The molecule has 0 radical (unpaired) electrons. The number of benzene rings is 1. The van der Waals surface area contributed by atoms with Crippen LogP contribution in [0.2, 0.25) is 0 Å². The Morgan fingerprint density at radius 3 is 2.57 bits per heavy atom. The lowest BCUT2D eigenvalue weighted by Gasteiger charge is -2.07. The van der Waals surface area contributed by atoms with Crippen molar-refractivity contribution in [2.45, 2.75) is 20.4 Å². The fraction of sp³-hybridized carbons (Fsp3) is 0.250. The molecule has 0 amide bonds. The number of nitrogens with zero attached hydrogens (tertiary/aromatic N) is 5. The number of nitriles is 1. The van der Waals surface area contributed by atoms with Gasteiger partial charge >= 0.3 is 0 Å². The summed E-state index contributed by atoms with van der Waals surface area (Å²) in [6.45, 7) is 4.17. The van der Waals surface area contributed by atoms with E-state index in [1.807, 2.05) is 38.1 Å². The molecule has 0 saturated heterocycles. The third kappa shape index (κ3) is 2.66. The molecule has 0 aliphatic carbocycles. The van der Waals surface area contributed by atoms with Crippen LogP contribution in [0.4, 0.5) is 0 Å². The molecule has 7 nitrogen and oxygen atoms in total. The average molecular weight is 309 g/mol. The molecule has 0 spiro atoms. The Hall–Kier alpha value is -3.14. The highest BCUT2D eigenvalue weighted by atomic mass is 16.5. The van der Waals surface area contributed by atoms with Crippen LogP contribution in [0.3, 0.4) is 0 Å².